The van der Waals surface area contributed by atoms with E-state index in [0.717, 1.165) is 12.1 Å². The van der Waals surface area contributed by atoms with E-state index in [0.29, 0.717) is 34.5 Å². The van der Waals surface area contributed by atoms with Crippen LogP contribution in [-0.4, -0.2) is 11.7 Å². The van der Waals surface area contributed by atoms with Crippen LogP contribution >= 0.6 is 0 Å². The van der Waals surface area contributed by atoms with E-state index in [1.54, 1.807) is 42.9 Å². The van der Waals surface area contributed by atoms with Crippen LogP contribution in [0.1, 0.15) is 29.3 Å². The van der Waals surface area contributed by atoms with E-state index >= 15 is 0 Å². The summed E-state index contributed by atoms with van der Waals surface area (Å²) in [7, 11) is 1.56. The smallest absolute Gasteiger partial charge is 0.416 e. The minimum Gasteiger partial charge on any atom is -0.497 e. The van der Waals surface area contributed by atoms with Crippen LogP contribution in [0.15, 0.2) is 42.5 Å². The lowest BCUT2D eigenvalue weighted by molar-refractivity contribution is -0.137. The molecule has 136 valence electrons. The largest absolute Gasteiger partial charge is 0.497 e. The second-order valence-electron chi connectivity index (χ2n) is 5.79. The lowest BCUT2D eigenvalue weighted by Crippen LogP contribution is -2.05. The number of aromatic nitrogens is 1. The van der Waals surface area contributed by atoms with Crippen molar-refractivity contribution in [3.05, 3.63) is 64.8 Å². The Balaban J connectivity index is 2.17. The first kappa shape index (κ1) is 18.4. The third-order valence-electron chi connectivity index (χ3n) is 4.24. The molecule has 0 saturated carbocycles. The fourth-order valence-electron chi connectivity index (χ4n) is 2.90. The Bertz CT molecular complexity index is 1090. The second kappa shape index (κ2) is 7.09. The Morgan fingerprint density at radius 2 is 1.78 bits per heavy atom. The standard InChI is InChI=1S/C21H15F3N2O/c1-3-26-19(11-6-14-4-8-16(27-2)9-5-14)18(13-25)17-10-7-15(12-20(17)26)21(22,23)24/h4-5,7-10,12H,3H2,1-2H3. The van der Waals surface area contributed by atoms with Gasteiger partial charge in [0.2, 0.25) is 0 Å². The average Bonchev–Trinajstić information content (AvgIpc) is 2.97. The minimum atomic E-state index is -4.45. The molecule has 3 rings (SSSR count). The zero-order chi connectivity index (χ0) is 19.6. The molecule has 0 aliphatic heterocycles. The zero-order valence-electron chi connectivity index (χ0n) is 14.7. The molecule has 0 bridgehead atoms. The Labute approximate surface area is 154 Å². The number of aryl methyl sites for hydroxylation is 1. The third-order valence-corrected chi connectivity index (χ3v) is 4.24. The molecular formula is C21H15F3N2O. The molecule has 0 fully saturated rings. The molecule has 0 aliphatic carbocycles. The van der Waals surface area contributed by atoms with Crippen molar-refractivity contribution in [3.8, 4) is 23.7 Å². The number of alkyl halides is 3. The normalized spacial score (nSPS) is 11.0. The maximum absolute atomic E-state index is 13.1. The Morgan fingerprint density at radius 3 is 2.33 bits per heavy atom. The number of benzene rings is 2. The van der Waals surface area contributed by atoms with Crippen LogP contribution in [0.5, 0.6) is 5.75 Å². The van der Waals surface area contributed by atoms with Crippen molar-refractivity contribution < 1.29 is 17.9 Å². The second-order valence-corrected chi connectivity index (χ2v) is 5.79. The van der Waals surface area contributed by atoms with Gasteiger partial charge in [0.1, 0.15) is 17.5 Å². The summed E-state index contributed by atoms with van der Waals surface area (Å²) in [5, 5.41) is 10.0. The first-order chi connectivity index (χ1) is 12.9. The summed E-state index contributed by atoms with van der Waals surface area (Å²) in [5.41, 5.74) is 1.000. The van der Waals surface area contributed by atoms with Crippen molar-refractivity contribution in [1.29, 1.82) is 5.26 Å². The van der Waals surface area contributed by atoms with Crippen LogP contribution in [0.4, 0.5) is 13.2 Å². The molecule has 27 heavy (non-hydrogen) atoms. The first-order valence-electron chi connectivity index (χ1n) is 8.18. The minimum absolute atomic E-state index is 0.279. The number of fused-ring (bicyclic) bond motifs is 1. The number of rotatable bonds is 2. The van der Waals surface area contributed by atoms with Gasteiger partial charge < -0.3 is 9.30 Å². The molecule has 0 radical (unpaired) electrons. The van der Waals surface area contributed by atoms with E-state index in [1.807, 2.05) is 0 Å². The molecular weight excluding hydrogens is 353 g/mol. The van der Waals surface area contributed by atoms with Gasteiger partial charge in [-0.05, 0) is 49.2 Å². The molecule has 0 aliphatic rings. The summed E-state index contributed by atoms with van der Waals surface area (Å²) in [6.07, 6.45) is -4.45. The molecule has 0 spiro atoms. The van der Waals surface area contributed by atoms with Gasteiger partial charge in [0.25, 0.3) is 0 Å². The van der Waals surface area contributed by atoms with E-state index in [4.69, 9.17) is 4.74 Å². The van der Waals surface area contributed by atoms with Gasteiger partial charge in [0.15, 0.2) is 0 Å². The third kappa shape index (κ3) is 3.47. The zero-order valence-corrected chi connectivity index (χ0v) is 14.7. The molecule has 3 aromatic rings. The molecule has 0 atom stereocenters. The molecule has 3 nitrogen and oxygen atoms in total. The number of ether oxygens (including phenoxy) is 1. The Kier molecular flexibility index (Phi) is 4.83. The van der Waals surface area contributed by atoms with Crippen molar-refractivity contribution >= 4 is 10.9 Å². The number of hydrogen-bond donors (Lipinski definition) is 0. The highest BCUT2D eigenvalue weighted by Gasteiger charge is 2.31. The molecule has 0 unspecified atom stereocenters. The summed E-state index contributed by atoms with van der Waals surface area (Å²) in [4.78, 5) is 0. The number of nitriles is 1. The van der Waals surface area contributed by atoms with E-state index in [1.165, 1.54) is 6.07 Å². The van der Waals surface area contributed by atoms with Gasteiger partial charge in [0.05, 0.1) is 23.8 Å². The van der Waals surface area contributed by atoms with Crippen LogP contribution in [0.25, 0.3) is 10.9 Å². The van der Waals surface area contributed by atoms with Gasteiger partial charge in [0, 0.05) is 17.5 Å². The van der Waals surface area contributed by atoms with Crippen molar-refractivity contribution in [1.82, 2.24) is 4.57 Å². The summed E-state index contributed by atoms with van der Waals surface area (Å²) < 4.78 is 45.9. The lowest BCUT2D eigenvalue weighted by Gasteiger charge is -2.08. The quantitative estimate of drug-likeness (QED) is 0.600. The summed E-state index contributed by atoms with van der Waals surface area (Å²) in [6.45, 7) is 2.20. The van der Waals surface area contributed by atoms with Gasteiger partial charge in [-0.15, -0.1) is 0 Å². The van der Waals surface area contributed by atoms with E-state index in [-0.39, 0.29) is 5.56 Å². The highest BCUT2D eigenvalue weighted by molar-refractivity contribution is 5.90. The van der Waals surface area contributed by atoms with Crippen LogP contribution in [0, 0.1) is 23.2 Å². The molecule has 2 aromatic carbocycles. The van der Waals surface area contributed by atoms with Crippen molar-refractivity contribution in [2.75, 3.05) is 7.11 Å². The van der Waals surface area contributed by atoms with E-state index in [2.05, 4.69) is 17.9 Å². The van der Waals surface area contributed by atoms with Crippen LogP contribution in [0.2, 0.25) is 0 Å². The van der Waals surface area contributed by atoms with Crippen LogP contribution < -0.4 is 4.74 Å². The van der Waals surface area contributed by atoms with Gasteiger partial charge >= 0.3 is 6.18 Å². The lowest BCUT2D eigenvalue weighted by atomic mass is 10.1. The highest BCUT2D eigenvalue weighted by Crippen LogP contribution is 2.34. The van der Waals surface area contributed by atoms with Crippen molar-refractivity contribution in [2.45, 2.75) is 19.6 Å². The molecule has 0 amide bonds. The first-order valence-corrected chi connectivity index (χ1v) is 8.18. The maximum Gasteiger partial charge on any atom is 0.416 e. The maximum atomic E-state index is 13.1. The predicted molar refractivity (Wildman–Crippen MR) is 96.3 cm³/mol. The SMILES string of the molecule is CCn1c(C#Cc2ccc(OC)cc2)c(C#N)c2ccc(C(F)(F)F)cc21. The molecule has 1 aromatic heterocycles. The van der Waals surface area contributed by atoms with Gasteiger partial charge in [-0.3, -0.25) is 0 Å². The van der Waals surface area contributed by atoms with E-state index < -0.39 is 11.7 Å². The van der Waals surface area contributed by atoms with Crippen LogP contribution in [-0.2, 0) is 12.7 Å². The predicted octanol–water partition coefficient (Wildman–Crippen LogP) is 4.96. The fraction of sp³-hybridized carbons (Fsp3) is 0.190. The van der Waals surface area contributed by atoms with Crippen molar-refractivity contribution in [3.63, 3.8) is 0 Å². The van der Waals surface area contributed by atoms with E-state index in [9.17, 15) is 18.4 Å². The number of methoxy groups -OCH3 is 1. The number of nitrogens with zero attached hydrogens (tertiary/aromatic N) is 2. The monoisotopic (exact) mass is 368 g/mol. The molecule has 6 heteroatoms. The Hall–Kier alpha value is -3.38. The fourth-order valence-corrected chi connectivity index (χ4v) is 2.90. The highest BCUT2D eigenvalue weighted by atomic mass is 19.4. The summed E-state index contributed by atoms with van der Waals surface area (Å²) in [5.74, 6) is 6.62. The van der Waals surface area contributed by atoms with Crippen LogP contribution in [0.3, 0.4) is 0 Å². The molecule has 0 saturated heterocycles. The topological polar surface area (TPSA) is 38.0 Å². The summed E-state index contributed by atoms with van der Waals surface area (Å²) in [6, 6.07) is 12.6. The average molecular weight is 368 g/mol. The van der Waals surface area contributed by atoms with Gasteiger partial charge in [-0.2, -0.15) is 18.4 Å². The van der Waals surface area contributed by atoms with Crippen molar-refractivity contribution in [2.24, 2.45) is 0 Å². The number of halogens is 3. The molecule has 0 N–H and O–H groups in total. The summed E-state index contributed by atoms with van der Waals surface area (Å²) >= 11 is 0. The van der Waals surface area contributed by atoms with Gasteiger partial charge in [-0.25, -0.2) is 0 Å². The van der Waals surface area contributed by atoms with Gasteiger partial charge in [-0.1, -0.05) is 12.0 Å². The molecule has 1 heterocycles. The number of hydrogen-bond acceptors (Lipinski definition) is 2. The Morgan fingerprint density at radius 1 is 1.07 bits per heavy atom.